The van der Waals surface area contributed by atoms with Crippen molar-refractivity contribution in [3.8, 4) is 0 Å². The summed E-state index contributed by atoms with van der Waals surface area (Å²) in [7, 11) is 0. The van der Waals surface area contributed by atoms with Crippen LogP contribution in [0.25, 0.3) is 11.0 Å². The van der Waals surface area contributed by atoms with Gasteiger partial charge in [-0.05, 0) is 36.2 Å². The number of hydrogen-bond donors (Lipinski definition) is 0. The molecule has 0 saturated carbocycles. The summed E-state index contributed by atoms with van der Waals surface area (Å²) in [5.74, 6) is 1.19. The number of halogens is 1. The zero-order valence-electron chi connectivity index (χ0n) is 15.7. The second-order valence-corrected chi connectivity index (χ2v) is 7.47. The average Bonchev–Trinajstić information content (AvgIpc) is 3.22. The lowest BCUT2D eigenvalue weighted by molar-refractivity contribution is -0.117. The van der Waals surface area contributed by atoms with Crippen molar-refractivity contribution in [3.63, 3.8) is 0 Å². The molecule has 0 N–H and O–H groups in total. The topological polar surface area (TPSA) is 38.1 Å². The van der Waals surface area contributed by atoms with Crippen LogP contribution in [0.1, 0.15) is 38.4 Å². The highest BCUT2D eigenvalue weighted by Gasteiger charge is 2.35. The van der Waals surface area contributed by atoms with Gasteiger partial charge in [0.1, 0.15) is 11.6 Å². The van der Waals surface area contributed by atoms with Crippen LogP contribution >= 0.6 is 0 Å². The summed E-state index contributed by atoms with van der Waals surface area (Å²) >= 11 is 0. The van der Waals surface area contributed by atoms with Gasteiger partial charge in [-0.1, -0.05) is 38.5 Å². The molecule has 140 valence electrons. The van der Waals surface area contributed by atoms with E-state index in [0.29, 0.717) is 24.6 Å². The van der Waals surface area contributed by atoms with Crippen LogP contribution in [0.2, 0.25) is 0 Å². The molecule has 4 nitrogen and oxygen atoms in total. The van der Waals surface area contributed by atoms with Crippen molar-refractivity contribution in [3.05, 3.63) is 60.2 Å². The maximum atomic E-state index is 13.6. The van der Waals surface area contributed by atoms with E-state index in [-0.39, 0.29) is 17.6 Å². The minimum atomic E-state index is -0.326. The van der Waals surface area contributed by atoms with E-state index in [1.54, 1.807) is 17.0 Å². The van der Waals surface area contributed by atoms with Crippen molar-refractivity contribution in [1.82, 2.24) is 9.55 Å². The monoisotopic (exact) mass is 365 g/mol. The van der Waals surface area contributed by atoms with E-state index in [9.17, 15) is 9.18 Å². The SMILES string of the molecule is CCC(C)Cn1c(C2CC(=O)N(c3cccc(F)c3)C2)nc2ccccc21. The summed E-state index contributed by atoms with van der Waals surface area (Å²) in [6.07, 6.45) is 1.49. The Balaban J connectivity index is 1.70. The van der Waals surface area contributed by atoms with Crippen molar-refractivity contribution in [2.75, 3.05) is 11.4 Å². The number of carbonyl (C=O) groups excluding carboxylic acids is 1. The Morgan fingerprint density at radius 2 is 2.04 bits per heavy atom. The summed E-state index contributed by atoms with van der Waals surface area (Å²) in [5, 5.41) is 0. The number of fused-ring (bicyclic) bond motifs is 1. The van der Waals surface area contributed by atoms with Crippen LogP contribution in [0.5, 0.6) is 0 Å². The third kappa shape index (κ3) is 3.34. The smallest absolute Gasteiger partial charge is 0.227 e. The maximum Gasteiger partial charge on any atom is 0.227 e. The van der Waals surface area contributed by atoms with E-state index >= 15 is 0 Å². The van der Waals surface area contributed by atoms with Crippen LogP contribution in [-0.4, -0.2) is 22.0 Å². The van der Waals surface area contributed by atoms with Gasteiger partial charge in [0.25, 0.3) is 0 Å². The molecule has 27 heavy (non-hydrogen) atoms. The Hall–Kier alpha value is -2.69. The molecule has 0 bridgehead atoms. The third-order valence-corrected chi connectivity index (χ3v) is 5.49. The molecule has 1 aliphatic rings. The largest absolute Gasteiger partial charge is 0.327 e. The highest BCUT2D eigenvalue weighted by molar-refractivity contribution is 5.96. The molecule has 1 amide bonds. The Labute approximate surface area is 158 Å². The van der Waals surface area contributed by atoms with E-state index < -0.39 is 0 Å². The van der Waals surface area contributed by atoms with Gasteiger partial charge in [-0.3, -0.25) is 4.79 Å². The van der Waals surface area contributed by atoms with Gasteiger partial charge in [0.2, 0.25) is 5.91 Å². The van der Waals surface area contributed by atoms with Gasteiger partial charge in [0.15, 0.2) is 0 Å². The lowest BCUT2D eigenvalue weighted by Gasteiger charge is -2.18. The molecule has 0 radical (unpaired) electrons. The van der Waals surface area contributed by atoms with E-state index in [1.165, 1.54) is 12.1 Å². The molecule has 2 heterocycles. The van der Waals surface area contributed by atoms with Gasteiger partial charge in [0.05, 0.1) is 11.0 Å². The highest BCUT2D eigenvalue weighted by Crippen LogP contribution is 2.33. The molecule has 3 aromatic rings. The second kappa shape index (κ2) is 7.14. The van der Waals surface area contributed by atoms with Crippen LogP contribution in [0.15, 0.2) is 48.5 Å². The predicted molar refractivity (Wildman–Crippen MR) is 105 cm³/mol. The standard InChI is InChI=1S/C22H24FN3O/c1-3-15(2)13-26-20-10-5-4-9-19(20)24-22(26)16-11-21(27)25(14-16)18-8-6-7-17(23)12-18/h4-10,12,15-16H,3,11,13-14H2,1-2H3. The van der Waals surface area contributed by atoms with Crippen LogP contribution in [0.4, 0.5) is 10.1 Å². The average molecular weight is 365 g/mol. The molecule has 0 aliphatic carbocycles. The number of rotatable bonds is 5. The summed E-state index contributed by atoms with van der Waals surface area (Å²) in [5.41, 5.74) is 2.70. The maximum absolute atomic E-state index is 13.6. The summed E-state index contributed by atoms with van der Waals surface area (Å²) in [6, 6.07) is 14.4. The van der Waals surface area contributed by atoms with E-state index in [1.807, 2.05) is 18.2 Å². The van der Waals surface area contributed by atoms with Crippen molar-refractivity contribution < 1.29 is 9.18 Å². The summed E-state index contributed by atoms with van der Waals surface area (Å²) in [4.78, 5) is 19.2. The minimum absolute atomic E-state index is 0.0113. The Kier molecular flexibility index (Phi) is 4.68. The van der Waals surface area contributed by atoms with Gasteiger partial charge >= 0.3 is 0 Å². The number of nitrogens with zero attached hydrogens (tertiary/aromatic N) is 3. The zero-order valence-corrected chi connectivity index (χ0v) is 15.7. The number of imidazole rings is 1. The molecule has 2 atom stereocenters. The van der Waals surface area contributed by atoms with Crippen molar-refractivity contribution in [1.29, 1.82) is 0 Å². The van der Waals surface area contributed by atoms with Crippen molar-refractivity contribution in [2.24, 2.45) is 5.92 Å². The van der Waals surface area contributed by atoms with E-state index in [4.69, 9.17) is 4.98 Å². The number of para-hydroxylation sites is 2. The summed E-state index contributed by atoms with van der Waals surface area (Å²) < 4.78 is 15.9. The van der Waals surface area contributed by atoms with Crippen LogP contribution in [0.3, 0.4) is 0 Å². The first kappa shape index (κ1) is 17.7. The predicted octanol–water partition coefficient (Wildman–Crippen LogP) is 4.74. The van der Waals surface area contributed by atoms with Gasteiger partial charge in [-0.2, -0.15) is 0 Å². The van der Waals surface area contributed by atoms with Gasteiger partial charge in [0, 0.05) is 31.1 Å². The van der Waals surface area contributed by atoms with Gasteiger partial charge in [-0.25, -0.2) is 9.37 Å². The molecule has 1 aliphatic heterocycles. The Bertz CT molecular complexity index is 981. The van der Waals surface area contributed by atoms with E-state index in [0.717, 1.165) is 29.8 Å². The lowest BCUT2D eigenvalue weighted by atomic mass is 10.1. The number of amides is 1. The first-order valence-corrected chi connectivity index (χ1v) is 9.58. The van der Waals surface area contributed by atoms with Crippen molar-refractivity contribution >= 4 is 22.6 Å². The van der Waals surface area contributed by atoms with Gasteiger partial charge in [-0.15, -0.1) is 0 Å². The quantitative estimate of drug-likeness (QED) is 0.655. The Morgan fingerprint density at radius 3 is 2.81 bits per heavy atom. The number of carbonyl (C=O) groups is 1. The molecule has 2 aromatic carbocycles. The zero-order chi connectivity index (χ0) is 19.0. The first-order valence-electron chi connectivity index (χ1n) is 9.58. The fourth-order valence-electron chi connectivity index (χ4n) is 3.81. The normalized spacial score (nSPS) is 18.4. The molecular formula is C22H24FN3O. The molecular weight excluding hydrogens is 341 g/mol. The second-order valence-electron chi connectivity index (χ2n) is 7.47. The number of hydrogen-bond acceptors (Lipinski definition) is 2. The van der Waals surface area contributed by atoms with Crippen LogP contribution in [0, 0.1) is 11.7 Å². The Morgan fingerprint density at radius 1 is 1.22 bits per heavy atom. The molecule has 1 aromatic heterocycles. The van der Waals surface area contributed by atoms with Gasteiger partial charge < -0.3 is 9.47 Å². The van der Waals surface area contributed by atoms with Crippen LogP contribution in [-0.2, 0) is 11.3 Å². The fourth-order valence-corrected chi connectivity index (χ4v) is 3.81. The molecule has 5 heteroatoms. The number of benzene rings is 2. The van der Waals surface area contributed by atoms with E-state index in [2.05, 4.69) is 24.5 Å². The molecule has 1 fully saturated rings. The number of anilines is 1. The lowest BCUT2D eigenvalue weighted by Crippen LogP contribution is -2.24. The molecule has 1 saturated heterocycles. The first-order chi connectivity index (χ1) is 13.1. The highest BCUT2D eigenvalue weighted by atomic mass is 19.1. The molecule has 0 spiro atoms. The molecule has 4 rings (SSSR count). The minimum Gasteiger partial charge on any atom is -0.327 e. The van der Waals surface area contributed by atoms with Crippen molar-refractivity contribution in [2.45, 2.75) is 39.2 Å². The summed E-state index contributed by atoms with van der Waals surface area (Å²) in [6.45, 7) is 5.84. The molecule has 2 unspecified atom stereocenters. The van der Waals surface area contributed by atoms with Crippen LogP contribution < -0.4 is 4.90 Å². The number of aromatic nitrogens is 2. The third-order valence-electron chi connectivity index (χ3n) is 5.49. The fraction of sp³-hybridized carbons (Fsp3) is 0.364.